The first-order valence-electron chi connectivity index (χ1n) is 13.2. The fraction of sp³-hybridized carbons (Fsp3) is 0.286. The van der Waals surface area contributed by atoms with Gasteiger partial charge in [-0.3, -0.25) is 4.79 Å². The number of nitrogens with zero attached hydrogens (tertiary/aromatic N) is 5. The molecule has 1 aliphatic carbocycles. The number of carbonyl (C=O) groups excluding carboxylic acids is 1. The Balaban J connectivity index is 1.43. The molecule has 2 atom stereocenters. The number of amides is 1. The summed E-state index contributed by atoms with van der Waals surface area (Å²) in [6, 6.07) is 10.3. The van der Waals surface area contributed by atoms with Gasteiger partial charge in [-0.05, 0) is 49.6 Å². The summed E-state index contributed by atoms with van der Waals surface area (Å²) in [4.78, 5) is 28.6. The van der Waals surface area contributed by atoms with Crippen molar-refractivity contribution in [2.45, 2.75) is 43.8 Å². The second kappa shape index (κ2) is 7.00. The van der Waals surface area contributed by atoms with Crippen LogP contribution in [0.25, 0.3) is 22.2 Å². The largest absolute Gasteiger partial charge is 0.331 e. The summed E-state index contributed by atoms with van der Waals surface area (Å²) < 4.78 is 26.7. The van der Waals surface area contributed by atoms with Crippen molar-refractivity contribution in [3.05, 3.63) is 77.1 Å². The SMILES string of the molecule is [2H]C([2H])([2H])N1C(=O)c2cccc(C#CC)c2[C@H]2C[C@@H]1c1nc3ccc(-c4cnc(C5(N)CC5)nc4)cc3n12. The van der Waals surface area contributed by atoms with E-state index in [0.717, 1.165) is 51.0 Å². The minimum atomic E-state index is -2.63. The van der Waals surface area contributed by atoms with E-state index in [1.54, 1.807) is 31.5 Å². The number of benzene rings is 2. The molecule has 4 heterocycles. The van der Waals surface area contributed by atoms with Gasteiger partial charge < -0.3 is 15.2 Å². The van der Waals surface area contributed by atoms with Gasteiger partial charge in [-0.25, -0.2) is 15.0 Å². The summed E-state index contributed by atoms with van der Waals surface area (Å²) in [6.45, 7) is -0.878. The lowest BCUT2D eigenvalue weighted by Gasteiger charge is -2.24. The molecular weight excluding hydrogens is 436 g/mol. The first kappa shape index (κ1) is 17.4. The van der Waals surface area contributed by atoms with Gasteiger partial charge in [0.25, 0.3) is 5.91 Å². The second-order valence-electron chi connectivity index (χ2n) is 9.58. The highest BCUT2D eigenvalue weighted by molar-refractivity contribution is 5.98. The number of imidazole rings is 1. The highest BCUT2D eigenvalue weighted by Gasteiger charge is 2.44. The zero-order valence-corrected chi connectivity index (χ0v) is 19.1. The Hall–Kier alpha value is -4.02. The van der Waals surface area contributed by atoms with E-state index in [9.17, 15) is 4.79 Å². The van der Waals surface area contributed by atoms with Crippen LogP contribution >= 0.6 is 0 Å². The standard InChI is InChI=1S/C28H24N6O/c1-3-5-16-6-4-7-19-24(16)22-13-23(33(2)26(19)35)25-32-20-9-8-17(12-21(20)34(22)25)18-14-30-27(31-15-18)28(29)10-11-28/h4,6-9,12,14-15,22-23H,10-11,13,29H2,1-2H3/t22-,23-/m1/s1/i2D3. The third-order valence-electron chi connectivity index (χ3n) is 7.45. The van der Waals surface area contributed by atoms with Crippen LogP contribution in [0.5, 0.6) is 0 Å². The van der Waals surface area contributed by atoms with Gasteiger partial charge in [0, 0.05) is 52.2 Å². The van der Waals surface area contributed by atoms with Crippen LogP contribution in [-0.4, -0.2) is 37.3 Å². The zero-order valence-electron chi connectivity index (χ0n) is 22.1. The normalized spacial score (nSPS) is 22.9. The van der Waals surface area contributed by atoms with Crippen LogP contribution < -0.4 is 5.73 Å². The van der Waals surface area contributed by atoms with Crippen LogP contribution in [0.3, 0.4) is 0 Å². The summed E-state index contributed by atoms with van der Waals surface area (Å²) >= 11 is 0. The van der Waals surface area contributed by atoms with Gasteiger partial charge in [-0.15, -0.1) is 5.92 Å². The predicted octanol–water partition coefficient (Wildman–Crippen LogP) is 3.93. The number of nitrogens with two attached hydrogens (primary N) is 1. The minimum Gasteiger partial charge on any atom is -0.331 e. The van der Waals surface area contributed by atoms with Crippen molar-refractivity contribution in [1.29, 1.82) is 0 Å². The van der Waals surface area contributed by atoms with Gasteiger partial charge in [0.05, 0.1) is 28.7 Å². The van der Waals surface area contributed by atoms with E-state index in [1.165, 1.54) is 0 Å². The lowest BCUT2D eigenvalue weighted by atomic mass is 9.93. The fourth-order valence-corrected chi connectivity index (χ4v) is 5.46. The van der Waals surface area contributed by atoms with Crippen molar-refractivity contribution in [3.8, 4) is 23.0 Å². The van der Waals surface area contributed by atoms with Gasteiger partial charge in [-0.1, -0.05) is 18.1 Å². The van der Waals surface area contributed by atoms with Gasteiger partial charge >= 0.3 is 0 Å². The maximum Gasteiger partial charge on any atom is 0.254 e. The molecule has 0 radical (unpaired) electrons. The predicted molar refractivity (Wildman–Crippen MR) is 132 cm³/mol. The van der Waals surface area contributed by atoms with Gasteiger partial charge in [-0.2, -0.15) is 0 Å². The fourth-order valence-electron chi connectivity index (χ4n) is 5.46. The minimum absolute atomic E-state index is 0.288. The van der Waals surface area contributed by atoms with E-state index in [2.05, 4.69) is 26.4 Å². The van der Waals surface area contributed by atoms with E-state index in [0.29, 0.717) is 23.6 Å². The topological polar surface area (TPSA) is 89.9 Å². The quantitative estimate of drug-likeness (QED) is 0.455. The monoisotopic (exact) mass is 463 g/mol. The van der Waals surface area contributed by atoms with E-state index in [-0.39, 0.29) is 6.04 Å². The molecule has 0 saturated heterocycles. The molecule has 35 heavy (non-hydrogen) atoms. The lowest BCUT2D eigenvalue weighted by Crippen LogP contribution is -2.30. The van der Waals surface area contributed by atoms with Crippen molar-refractivity contribution in [2.75, 3.05) is 6.98 Å². The van der Waals surface area contributed by atoms with Gasteiger partial charge in [0.2, 0.25) is 0 Å². The van der Waals surface area contributed by atoms with Gasteiger partial charge in [0.15, 0.2) is 0 Å². The zero-order chi connectivity index (χ0) is 26.4. The Kier molecular flexibility index (Phi) is 3.48. The highest BCUT2D eigenvalue weighted by atomic mass is 16.2. The molecule has 0 unspecified atom stereocenters. The molecule has 1 amide bonds. The van der Waals surface area contributed by atoms with Crippen LogP contribution in [0.2, 0.25) is 0 Å². The molecule has 0 spiro atoms. The Morgan fingerprint density at radius 1 is 1.14 bits per heavy atom. The first-order chi connectivity index (χ1) is 18.2. The van der Waals surface area contributed by atoms with Crippen LogP contribution in [0, 0.1) is 11.8 Å². The van der Waals surface area contributed by atoms with E-state index in [4.69, 9.17) is 14.8 Å². The molecule has 2 aromatic heterocycles. The molecule has 7 nitrogen and oxygen atoms in total. The third-order valence-corrected chi connectivity index (χ3v) is 7.45. The Bertz CT molecular complexity index is 1710. The maximum absolute atomic E-state index is 13.7. The van der Waals surface area contributed by atoms with Crippen molar-refractivity contribution < 1.29 is 8.91 Å². The number of fused-ring (bicyclic) bond motifs is 9. The van der Waals surface area contributed by atoms with Gasteiger partial charge in [0.1, 0.15) is 11.6 Å². The first-order valence-corrected chi connectivity index (χ1v) is 11.7. The number of aromatic nitrogens is 4. The smallest absolute Gasteiger partial charge is 0.254 e. The molecule has 4 aromatic rings. The molecule has 1 fully saturated rings. The number of hydrogen-bond donors (Lipinski definition) is 1. The summed E-state index contributed by atoms with van der Waals surface area (Å²) in [6.07, 6.45) is 5.79. The van der Waals surface area contributed by atoms with E-state index >= 15 is 0 Å². The average molecular weight is 464 g/mol. The molecule has 7 heteroatoms. The van der Waals surface area contributed by atoms with Crippen molar-refractivity contribution in [3.63, 3.8) is 0 Å². The Morgan fingerprint density at radius 2 is 1.97 bits per heavy atom. The van der Waals surface area contributed by atoms with E-state index in [1.807, 2.05) is 24.3 Å². The van der Waals surface area contributed by atoms with Crippen LogP contribution in [0.15, 0.2) is 48.8 Å². The molecule has 2 bridgehead atoms. The third kappa shape index (κ3) is 2.84. The van der Waals surface area contributed by atoms with Crippen LogP contribution in [0.1, 0.15) is 75.5 Å². The molecule has 2 aliphatic heterocycles. The summed E-state index contributed by atoms with van der Waals surface area (Å²) in [5.74, 6) is 6.78. The molecule has 7 rings (SSSR count). The molecule has 3 aliphatic rings. The molecule has 2 aromatic carbocycles. The number of hydrogen-bond acceptors (Lipinski definition) is 5. The molecule has 1 saturated carbocycles. The second-order valence-corrected chi connectivity index (χ2v) is 9.58. The Labute approximate surface area is 207 Å². The summed E-state index contributed by atoms with van der Waals surface area (Å²) in [5.41, 5.74) is 11.1. The Morgan fingerprint density at radius 3 is 2.71 bits per heavy atom. The maximum atomic E-state index is 13.7. The molecular formula is C28H24N6O. The van der Waals surface area contributed by atoms with Crippen molar-refractivity contribution in [2.24, 2.45) is 5.73 Å². The van der Waals surface area contributed by atoms with Crippen LogP contribution in [0.4, 0.5) is 0 Å². The lowest BCUT2D eigenvalue weighted by molar-refractivity contribution is 0.0734. The molecule has 172 valence electrons. The van der Waals surface area contributed by atoms with Crippen molar-refractivity contribution >= 4 is 16.9 Å². The van der Waals surface area contributed by atoms with Crippen molar-refractivity contribution in [1.82, 2.24) is 24.4 Å². The number of rotatable bonds is 2. The number of carbonyl (C=O) groups is 1. The summed E-state index contributed by atoms with van der Waals surface area (Å²) in [7, 11) is 0. The highest BCUT2D eigenvalue weighted by Crippen LogP contribution is 2.48. The van der Waals surface area contributed by atoms with E-state index < -0.39 is 24.5 Å². The average Bonchev–Trinajstić information content (AvgIpc) is 3.43. The summed E-state index contributed by atoms with van der Waals surface area (Å²) in [5, 5.41) is 0. The van der Waals surface area contributed by atoms with Crippen LogP contribution in [-0.2, 0) is 5.54 Å². The molecule has 2 N–H and O–H groups in total.